The van der Waals surface area contributed by atoms with Gasteiger partial charge in [0, 0.05) is 67.6 Å². The molecule has 2 saturated carbocycles. The zero-order chi connectivity index (χ0) is 23.3. The summed E-state index contributed by atoms with van der Waals surface area (Å²) >= 11 is 0. The number of aromatic nitrogens is 5. The van der Waals surface area contributed by atoms with Crippen molar-refractivity contribution >= 4 is 6.03 Å². The molecule has 2 aromatic heterocycles. The molecule has 2 spiro atoms. The van der Waals surface area contributed by atoms with E-state index in [9.17, 15) is 4.79 Å². The maximum absolute atomic E-state index is 13.0. The van der Waals surface area contributed by atoms with Crippen molar-refractivity contribution in [2.75, 3.05) is 39.3 Å². The van der Waals surface area contributed by atoms with Crippen molar-refractivity contribution in [3.8, 4) is 0 Å². The number of nitrogens with zero attached hydrogens (tertiary/aromatic N) is 7. The molecule has 0 unspecified atom stereocenters. The van der Waals surface area contributed by atoms with Crippen LogP contribution in [0.3, 0.4) is 0 Å². The SMILES string of the molecule is CC(C)(C)c1c[nH]c(CN2CC3(C2)CN(C(=O)N2CC4(CC(n5cnc(C6CC6)n5)C4)C2)C3)n1. The van der Waals surface area contributed by atoms with E-state index >= 15 is 0 Å². The van der Waals surface area contributed by atoms with Crippen LogP contribution in [0.4, 0.5) is 4.79 Å². The van der Waals surface area contributed by atoms with Gasteiger partial charge in [-0.1, -0.05) is 20.8 Å². The number of H-pyrrole nitrogens is 1. The van der Waals surface area contributed by atoms with Gasteiger partial charge in [0.05, 0.1) is 18.3 Å². The van der Waals surface area contributed by atoms with Gasteiger partial charge in [0.25, 0.3) is 0 Å². The van der Waals surface area contributed by atoms with Gasteiger partial charge < -0.3 is 14.8 Å². The minimum Gasteiger partial charge on any atom is -0.347 e. The highest BCUT2D eigenvalue weighted by Crippen LogP contribution is 2.54. The van der Waals surface area contributed by atoms with Crippen molar-refractivity contribution in [2.45, 2.75) is 70.4 Å². The van der Waals surface area contributed by atoms with Crippen LogP contribution in [0.1, 0.15) is 75.8 Å². The Labute approximate surface area is 200 Å². The molecule has 0 radical (unpaired) electrons. The normalized spacial score (nSPS) is 25.7. The quantitative estimate of drug-likeness (QED) is 0.752. The number of nitrogens with one attached hydrogen (secondary N) is 1. The Hall–Kier alpha value is -2.42. The van der Waals surface area contributed by atoms with Crippen LogP contribution in [0, 0.1) is 10.8 Å². The second-order valence-electron chi connectivity index (χ2n) is 13.0. The largest absolute Gasteiger partial charge is 0.347 e. The summed E-state index contributed by atoms with van der Waals surface area (Å²) < 4.78 is 2.08. The molecule has 7 rings (SSSR count). The number of urea groups is 1. The lowest BCUT2D eigenvalue weighted by Gasteiger charge is -2.63. The molecule has 2 aromatic rings. The molecule has 0 atom stereocenters. The predicted octanol–water partition coefficient (Wildman–Crippen LogP) is 2.75. The van der Waals surface area contributed by atoms with Crippen LogP contribution < -0.4 is 0 Å². The number of carbonyl (C=O) groups excluding carboxylic acids is 1. The molecule has 2 amide bonds. The molecule has 5 heterocycles. The molecule has 3 aliphatic heterocycles. The molecule has 0 bridgehead atoms. The average molecular weight is 465 g/mol. The highest BCUT2D eigenvalue weighted by Gasteiger charge is 2.58. The fourth-order valence-electron chi connectivity index (χ4n) is 6.63. The summed E-state index contributed by atoms with van der Waals surface area (Å²) in [6.07, 6.45) is 8.71. The van der Waals surface area contributed by atoms with Crippen molar-refractivity contribution in [3.05, 3.63) is 29.9 Å². The van der Waals surface area contributed by atoms with E-state index in [0.717, 1.165) is 76.0 Å². The van der Waals surface area contributed by atoms with E-state index in [-0.39, 0.29) is 11.4 Å². The molecule has 2 aliphatic carbocycles. The molecule has 5 fully saturated rings. The maximum atomic E-state index is 13.0. The average Bonchev–Trinajstić information content (AvgIpc) is 3.19. The van der Waals surface area contributed by atoms with Crippen LogP contribution in [0.25, 0.3) is 0 Å². The Morgan fingerprint density at radius 3 is 2.35 bits per heavy atom. The lowest BCUT2D eigenvalue weighted by atomic mass is 9.60. The molecular weight excluding hydrogens is 428 g/mol. The van der Waals surface area contributed by atoms with Gasteiger partial charge >= 0.3 is 6.03 Å². The first-order chi connectivity index (χ1) is 16.2. The number of likely N-dealkylation sites (tertiary alicyclic amines) is 3. The third kappa shape index (κ3) is 3.38. The van der Waals surface area contributed by atoms with Gasteiger partial charge in [0.1, 0.15) is 12.2 Å². The molecular formula is C25H36N8O. The number of hydrogen-bond donors (Lipinski definition) is 1. The second-order valence-corrected chi connectivity index (χ2v) is 13.0. The first-order valence-electron chi connectivity index (χ1n) is 12.9. The van der Waals surface area contributed by atoms with Gasteiger partial charge in [-0.25, -0.2) is 19.4 Å². The first-order valence-corrected chi connectivity index (χ1v) is 12.9. The number of hydrogen-bond acceptors (Lipinski definition) is 5. The molecule has 34 heavy (non-hydrogen) atoms. The lowest BCUT2D eigenvalue weighted by molar-refractivity contribution is -0.120. The summed E-state index contributed by atoms with van der Waals surface area (Å²) in [5.41, 5.74) is 1.83. The Morgan fingerprint density at radius 2 is 1.74 bits per heavy atom. The first kappa shape index (κ1) is 20.9. The summed E-state index contributed by atoms with van der Waals surface area (Å²) in [7, 11) is 0. The van der Waals surface area contributed by atoms with Crippen LogP contribution in [0.5, 0.6) is 0 Å². The molecule has 9 heteroatoms. The minimum absolute atomic E-state index is 0.0749. The summed E-state index contributed by atoms with van der Waals surface area (Å²) in [5.74, 6) is 2.69. The van der Waals surface area contributed by atoms with Crippen LogP contribution in [-0.2, 0) is 12.0 Å². The lowest BCUT2D eigenvalue weighted by Crippen LogP contribution is -2.75. The van der Waals surface area contributed by atoms with Crippen LogP contribution >= 0.6 is 0 Å². The number of carbonyl (C=O) groups is 1. The number of aromatic amines is 1. The molecule has 1 N–H and O–H groups in total. The van der Waals surface area contributed by atoms with E-state index in [2.05, 4.69) is 50.1 Å². The molecule has 5 aliphatic rings. The van der Waals surface area contributed by atoms with Gasteiger partial charge in [0.15, 0.2) is 5.82 Å². The van der Waals surface area contributed by atoms with Crippen molar-refractivity contribution in [2.24, 2.45) is 10.8 Å². The number of imidazole rings is 1. The summed E-state index contributed by atoms with van der Waals surface area (Å²) in [6, 6.07) is 0.718. The number of rotatable bonds is 4. The molecule has 0 aromatic carbocycles. The molecule has 3 saturated heterocycles. The second kappa shape index (κ2) is 6.83. The topological polar surface area (TPSA) is 86.2 Å². The zero-order valence-corrected chi connectivity index (χ0v) is 20.6. The molecule has 182 valence electrons. The van der Waals surface area contributed by atoms with Crippen LogP contribution in [-0.4, -0.2) is 84.7 Å². The zero-order valence-electron chi connectivity index (χ0n) is 20.6. The van der Waals surface area contributed by atoms with Gasteiger partial charge in [-0.15, -0.1) is 0 Å². The van der Waals surface area contributed by atoms with Gasteiger partial charge in [-0.2, -0.15) is 5.10 Å². The van der Waals surface area contributed by atoms with E-state index in [1.165, 1.54) is 12.8 Å². The Balaban J connectivity index is 0.844. The van der Waals surface area contributed by atoms with Gasteiger partial charge in [0.2, 0.25) is 0 Å². The van der Waals surface area contributed by atoms with E-state index in [1.807, 2.05) is 12.5 Å². The van der Waals surface area contributed by atoms with E-state index in [4.69, 9.17) is 10.1 Å². The van der Waals surface area contributed by atoms with Crippen molar-refractivity contribution in [1.29, 1.82) is 0 Å². The Morgan fingerprint density at radius 1 is 1.06 bits per heavy atom. The highest BCUT2D eigenvalue weighted by atomic mass is 16.2. The van der Waals surface area contributed by atoms with Crippen molar-refractivity contribution < 1.29 is 4.79 Å². The van der Waals surface area contributed by atoms with Crippen LogP contribution in [0.2, 0.25) is 0 Å². The third-order valence-electron chi connectivity index (χ3n) is 8.72. The summed E-state index contributed by atoms with van der Waals surface area (Å²) in [4.78, 5) is 32.1. The van der Waals surface area contributed by atoms with Gasteiger partial charge in [-0.05, 0) is 25.7 Å². The van der Waals surface area contributed by atoms with E-state index in [0.29, 0.717) is 22.8 Å². The summed E-state index contributed by atoms with van der Waals surface area (Å²) in [6.45, 7) is 13.2. The Kier molecular flexibility index (Phi) is 4.20. The van der Waals surface area contributed by atoms with Crippen molar-refractivity contribution in [1.82, 2.24) is 39.4 Å². The smallest absolute Gasteiger partial charge is 0.320 e. The summed E-state index contributed by atoms with van der Waals surface area (Å²) in [5, 5.41) is 4.71. The Bertz CT molecular complexity index is 1100. The molecule has 9 nitrogen and oxygen atoms in total. The standard InChI is InChI=1S/C25H36N8O/c1-23(2,3)19-8-26-20(28-19)9-30-10-25(11-30)14-32(15-25)22(34)31-12-24(13-31)6-18(7-24)33-16-27-21(29-33)17-4-5-17/h8,16-18H,4-7,9-15H2,1-3H3,(H,26,28). The fraction of sp³-hybridized carbons (Fsp3) is 0.760. The fourth-order valence-corrected chi connectivity index (χ4v) is 6.63. The van der Waals surface area contributed by atoms with E-state index in [1.54, 1.807) is 0 Å². The van der Waals surface area contributed by atoms with E-state index < -0.39 is 0 Å². The predicted molar refractivity (Wildman–Crippen MR) is 126 cm³/mol. The monoisotopic (exact) mass is 464 g/mol. The van der Waals surface area contributed by atoms with Crippen LogP contribution in [0.15, 0.2) is 12.5 Å². The maximum Gasteiger partial charge on any atom is 0.320 e. The minimum atomic E-state index is 0.0749. The highest BCUT2D eigenvalue weighted by molar-refractivity contribution is 5.77. The number of amides is 2. The van der Waals surface area contributed by atoms with Crippen molar-refractivity contribution in [3.63, 3.8) is 0 Å². The van der Waals surface area contributed by atoms with Gasteiger partial charge in [-0.3, -0.25) is 4.90 Å². The third-order valence-corrected chi connectivity index (χ3v) is 8.72.